The van der Waals surface area contributed by atoms with Gasteiger partial charge in [-0.05, 0) is 37.6 Å². The number of benzene rings is 2. The molecule has 1 heterocycles. The van der Waals surface area contributed by atoms with E-state index < -0.39 is 11.5 Å². The van der Waals surface area contributed by atoms with Crippen LogP contribution in [-0.4, -0.2) is 45.4 Å². The molecule has 0 radical (unpaired) electrons. The standard InChI is InChI=1S/C22H27N3O5/c1-16(26)25(27)30-15-22(2,3)29-14-20-19-7-5-6-8-21(19)24(23-20)13-17-9-11-18(28-4)12-10-17/h5-12,27H,13-15H2,1-4H3. The van der Waals surface area contributed by atoms with Crippen LogP contribution in [0.2, 0.25) is 0 Å². The zero-order valence-electron chi connectivity index (χ0n) is 17.7. The molecule has 3 rings (SSSR count). The van der Waals surface area contributed by atoms with Crippen molar-refractivity contribution >= 4 is 16.8 Å². The normalized spacial score (nSPS) is 11.6. The van der Waals surface area contributed by atoms with Gasteiger partial charge in [-0.3, -0.25) is 14.7 Å². The van der Waals surface area contributed by atoms with Crippen molar-refractivity contribution < 1.29 is 24.3 Å². The first-order valence-corrected chi connectivity index (χ1v) is 9.63. The SMILES string of the molecule is COc1ccc(Cn2nc(COC(C)(C)CON(O)C(C)=O)c3ccccc32)cc1. The van der Waals surface area contributed by atoms with E-state index in [-0.39, 0.29) is 18.4 Å². The third kappa shape index (κ3) is 5.35. The summed E-state index contributed by atoms with van der Waals surface area (Å²) in [6.45, 7) is 5.73. The highest BCUT2D eigenvalue weighted by Gasteiger charge is 2.23. The molecule has 0 atom stereocenters. The maximum Gasteiger partial charge on any atom is 0.270 e. The van der Waals surface area contributed by atoms with E-state index in [1.807, 2.05) is 67.1 Å². The molecule has 3 aromatic rings. The lowest BCUT2D eigenvalue weighted by atomic mass is 10.1. The maximum atomic E-state index is 11.1. The van der Waals surface area contributed by atoms with Crippen LogP contribution in [-0.2, 0) is 27.5 Å². The van der Waals surface area contributed by atoms with Crippen molar-refractivity contribution in [2.45, 2.75) is 39.5 Å². The molecule has 1 N–H and O–H groups in total. The molecule has 0 saturated carbocycles. The van der Waals surface area contributed by atoms with Gasteiger partial charge in [-0.2, -0.15) is 5.10 Å². The van der Waals surface area contributed by atoms with Gasteiger partial charge < -0.3 is 9.47 Å². The van der Waals surface area contributed by atoms with Crippen molar-refractivity contribution in [3.05, 3.63) is 59.8 Å². The molecule has 0 aliphatic rings. The number of nitrogens with zero attached hydrogens (tertiary/aromatic N) is 3. The van der Waals surface area contributed by atoms with Crippen LogP contribution >= 0.6 is 0 Å². The van der Waals surface area contributed by atoms with Crippen LogP contribution in [0.5, 0.6) is 5.75 Å². The monoisotopic (exact) mass is 413 g/mol. The van der Waals surface area contributed by atoms with Crippen molar-refractivity contribution in [1.82, 2.24) is 15.0 Å². The molecule has 30 heavy (non-hydrogen) atoms. The Morgan fingerprint density at radius 1 is 1.17 bits per heavy atom. The van der Waals surface area contributed by atoms with Gasteiger partial charge in [0.2, 0.25) is 0 Å². The Labute approximate surface area is 175 Å². The number of hydroxylamine groups is 2. The molecule has 8 nitrogen and oxygen atoms in total. The average molecular weight is 413 g/mol. The number of methoxy groups -OCH3 is 1. The minimum Gasteiger partial charge on any atom is -0.497 e. The number of para-hydroxylation sites is 1. The van der Waals surface area contributed by atoms with E-state index in [0.717, 1.165) is 27.9 Å². The zero-order chi connectivity index (χ0) is 21.7. The van der Waals surface area contributed by atoms with Gasteiger partial charge in [0.25, 0.3) is 5.91 Å². The molecule has 0 aliphatic heterocycles. The van der Waals surface area contributed by atoms with E-state index >= 15 is 0 Å². The molecule has 160 valence electrons. The summed E-state index contributed by atoms with van der Waals surface area (Å²) in [7, 11) is 1.65. The molecule has 0 fully saturated rings. The van der Waals surface area contributed by atoms with Gasteiger partial charge in [-0.25, -0.2) is 4.84 Å². The Balaban J connectivity index is 1.74. The Bertz CT molecular complexity index is 998. The Kier molecular flexibility index (Phi) is 6.71. The van der Waals surface area contributed by atoms with E-state index in [9.17, 15) is 10.0 Å². The molecule has 1 amide bonds. The minimum atomic E-state index is -0.739. The van der Waals surface area contributed by atoms with E-state index in [1.54, 1.807) is 7.11 Å². The summed E-state index contributed by atoms with van der Waals surface area (Å²) in [5, 5.41) is 15.4. The van der Waals surface area contributed by atoms with E-state index in [0.29, 0.717) is 6.54 Å². The summed E-state index contributed by atoms with van der Waals surface area (Å²) in [6, 6.07) is 15.9. The van der Waals surface area contributed by atoms with Gasteiger partial charge in [-0.1, -0.05) is 35.6 Å². The number of amides is 1. The van der Waals surface area contributed by atoms with Gasteiger partial charge in [0.05, 0.1) is 37.1 Å². The van der Waals surface area contributed by atoms with Gasteiger partial charge in [0.15, 0.2) is 0 Å². The fourth-order valence-corrected chi connectivity index (χ4v) is 2.94. The molecule has 0 saturated heterocycles. The number of ether oxygens (including phenoxy) is 2. The molecular weight excluding hydrogens is 386 g/mol. The lowest BCUT2D eigenvalue weighted by Gasteiger charge is -2.26. The van der Waals surface area contributed by atoms with Crippen molar-refractivity contribution in [2.75, 3.05) is 13.7 Å². The number of aromatic nitrogens is 2. The second-order valence-corrected chi connectivity index (χ2v) is 7.58. The second kappa shape index (κ2) is 9.25. The third-order valence-electron chi connectivity index (χ3n) is 4.63. The number of fused-ring (bicyclic) bond motifs is 1. The Morgan fingerprint density at radius 3 is 2.53 bits per heavy atom. The number of carbonyl (C=O) groups excluding carboxylic acids is 1. The van der Waals surface area contributed by atoms with E-state index in [2.05, 4.69) is 0 Å². The predicted molar refractivity (Wildman–Crippen MR) is 111 cm³/mol. The summed E-state index contributed by atoms with van der Waals surface area (Å²) < 4.78 is 13.1. The second-order valence-electron chi connectivity index (χ2n) is 7.58. The molecule has 2 aromatic carbocycles. The molecule has 0 aliphatic carbocycles. The maximum absolute atomic E-state index is 11.1. The third-order valence-corrected chi connectivity index (χ3v) is 4.63. The summed E-state index contributed by atoms with van der Waals surface area (Å²) in [6.07, 6.45) is 0. The minimum absolute atomic E-state index is 0.00751. The first kappa shape index (κ1) is 21.8. The summed E-state index contributed by atoms with van der Waals surface area (Å²) in [5.41, 5.74) is 2.19. The molecule has 0 bridgehead atoms. The van der Waals surface area contributed by atoms with Gasteiger partial charge in [0.1, 0.15) is 12.4 Å². The van der Waals surface area contributed by atoms with Crippen LogP contribution in [0.3, 0.4) is 0 Å². The first-order valence-electron chi connectivity index (χ1n) is 9.63. The highest BCUT2D eigenvalue weighted by atomic mass is 16.9. The van der Waals surface area contributed by atoms with Crippen LogP contribution in [0.25, 0.3) is 10.9 Å². The summed E-state index contributed by atoms with van der Waals surface area (Å²) in [5.74, 6) is 0.211. The Morgan fingerprint density at radius 2 is 1.87 bits per heavy atom. The largest absolute Gasteiger partial charge is 0.497 e. The lowest BCUT2D eigenvalue weighted by Crippen LogP contribution is -2.36. The molecule has 0 unspecified atom stereocenters. The topological polar surface area (TPSA) is 86.1 Å². The molecular formula is C22H27N3O5. The van der Waals surface area contributed by atoms with Crippen molar-refractivity contribution in [3.63, 3.8) is 0 Å². The highest BCUT2D eigenvalue weighted by molar-refractivity contribution is 5.81. The summed E-state index contributed by atoms with van der Waals surface area (Å²) in [4.78, 5) is 16.1. The highest BCUT2D eigenvalue weighted by Crippen LogP contribution is 2.23. The molecule has 1 aromatic heterocycles. The fourth-order valence-electron chi connectivity index (χ4n) is 2.94. The van der Waals surface area contributed by atoms with Crippen LogP contribution in [0.15, 0.2) is 48.5 Å². The van der Waals surface area contributed by atoms with E-state index in [1.165, 1.54) is 6.92 Å². The zero-order valence-corrected chi connectivity index (χ0v) is 17.7. The van der Waals surface area contributed by atoms with Crippen LogP contribution < -0.4 is 4.74 Å². The number of hydrogen-bond acceptors (Lipinski definition) is 6. The van der Waals surface area contributed by atoms with Gasteiger partial charge in [-0.15, -0.1) is 0 Å². The van der Waals surface area contributed by atoms with Crippen molar-refractivity contribution in [3.8, 4) is 5.75 Å². The number of rotatable bonds is 9. The van der Waals surface area contributed by atoms with Crippen LogP contribution in [0.1, 0.15) is 32.0 Å². The van der Waals surface area contributed by atoms with Crippen LogP contribution in [0, 0.1) is 0 Å². The molecule has 8 heteroatoms. The smallest absolute Gasteiger partial charge is 0.270 e. The average Bonchev–Trinajstić information content (AvgIpc) is 3.09. The van der Waals surface area contributed by atoms with Gasteiger partial charge in [0, 0.05) is 12.3 Å². The quantitative estimate of drug-likeness (QED) is 0.426. The van der Waals surface area contributed by atoms with Crippen molar-refractivity contribution in [1.29, 1.82) is 0 Å². The van der Waals surface area contributed by atoms with Crippen LogP contribution in [0.4, 0.5) is 0 Å². The van der Waals surface area contributed by atoms with Gasteiger partial charge >= 0.3 is 0 Å². The summed E-state index contributed by atoms with van der Waals surface area (Å²) >= 11 is 0. The fraction of sp³-hybridized carbons (Fsp3) is 0.364. The number of hydrogen-bond donors (Lipinski definition) is 1. The van der Waals surface area contributed by atoms with Crippen molar-refractivity contribution in [2.24, 2.45) is 0 Å². The Hall–Kier alpha value is -2.94. The lowest BCUT2D eigenvalue weighted by molar-refractivity contribution is -0.328. The first-order chi connectivity index (χ1) is 14.3. The van der Waals surface area contributed by atoms with E-state index in [4.69, 9.17) is 19.4 Å². The molecule has 0 spiro atoms. The predicted octanol–water partition coefficient (Wildman–Crippen LogP) is 3.56. The number of carbonyl (C=O) groups is 1.